The molecule has 2 heterocycles. The van der Waals surface area contributed by atoms with Gasteiger partial charge in [-0.2, -0.15) is 0 Å². The number of carbonyl (C=O) groups excluding carboxylic acids is 1. The third kappa shape index (κ3) is 4.89. The Morgan fingerprint density at radius 2 is 1.90 bits per heavy atom. The van der Waals surface area contributed by atoms with Crippen molar-refractivity contribution in [1.29, 1.82) is 0 Å². The molecule has 2 aliphatic heterocycles. The average Bonchev–Trinajstić information content (AvgIpc) is 3.01. The Kier molecular flexibility index (Phi) is 6.78. The van der Waals surface area contributed by atoms with Crippen molar-refractivity contribution in [1.82, 2.24) is 4.90 Å². The molecule has 5 nitrogen and oxygen atoms in total. The molecule has 3 aliphatic rings. The topological polar surface area (TPSA) is 60.9 Å². The van der Waals surface area contributed by atoms with E-state index in [1.54, 1.807) is 0 Å². The van der Waals surface area contributed by atoms with E-state index in [0.29, 0.717) is 22.2 Å². The number of hydrogen-bond acceptors (Lipinski definition) is 5. The maximum atomic E-state index is 12.6. The molecule has 1 amide bonds. The van der Waals surface area contributed by atoms with Crippen molar-refractivity contribution in [3.05, 3.63) is 34.7 Å². The number of rotatable bonds is 6. The number of fused-ring (bicyclic) bond motifs is 1. The van der Waals surface area contributed by atoms with Crippen molar-refractivity contribution in [2.45, 2.75) is 44.9 Å². The highest BCUT2D eigenvalue weighted by Crippen LogP contribution is 2.38. The average molecular weight is 445 g/mol. The van der Waals surface area contributed by atoms with E-state index < -0.39 is 5.97 Å². The van der Waals surface area contributed by atoms with Gasteiger partial charge in [-0.3, -0.25) is 14.5 Å². The molecule has 0 spiro atoms. The number of thioether (sulfide) groups is 1. The summed E-state index contributed by atoms with van der Waals surface area (Å²) in [6.07, 6.45) is 9.19. The smallest absolute Gasteiger partial charge is 0.303 e. The molecule has 1 aromatic carbocycles. The molecule has 3 fully saturated rings. The second-order valence-corrected chi connectivity index (χ2v) is 10.1. The van der Waals surface area contributed by atoms with Gasteiger partial charge in [-0.1, -0.05) is 55.4 Å². The Balaban J connectivity index is 1.38. The number of nitrogens with zero attached hydrogens (tertiary/aromatic N) is 2. The summed E-state index contributed by atoms with van der Waals surface area (Å²) < 4.78 is 0.503. The lowest BCUT2D eigenvalue weighted by Gasteiger charge is -2.42. The molecule has 2 saturated heterocycles. The number of piperidine rings is 1. The van der Waals surface area contributed by atoms with Crippen molar-refractivity contribution in [3.63, 3.8) is 0 Å². The van der Waals surface area contributed by atoms with Crippen LogP contribution >= 0.6 is 24.0 Å². The summed E-state index contributed by atoms with van der Waals surface area (Å²) >= 11 is 6.61. The number of amides is 1. The van der Waals surface area contributed by atoms with Crippen LogP contribution in [-0.4, -0.2) is 45.8 Å². The van der Waals surface area contributed by atoms with Gasteiger partial charge in [-0.05, 0) is 54.9 Å². The lowest BCUT2D eigenvalue weighted by atomic mass is 9.75. The third-order valence-electron chi connectivity index (χ3n) is 6.49. The predicted octanol–water partition coefficient (Wildman–Crippen LogP) is 4.77. The standard InChI is InChI=1S/C23H28N2O3S2/c26-21(27)6-3-12-25-22(28)20(30-23(25)29)14-16-7-9-19(10-8-16)24-13-11-17-4-1-2-5-18(17)15-24/h7-10,14,17-18H,1-6,11-13,15H2,(H,26,27)/t17-,18-/m0/s1. The Morgan fingerprint density at radius 3 is 2.63 bits per heavy atom. The molecule has 0 aromatic heterocycles. The zero-order valence-electron chi connectivity index (χ0n) is 17.1. The first-order valence-electron chi connectivity index (χ1n) is 10.8. The van der Waals surface area contributed by atoms with Crippen LogP contribution in [-0.2, 0) is 9.59 Å². The Morgan fingerprint density at radius 1 is 1.17 bits per heavy atom. The third-order valence-corrected chi connectivity index (χ3v) is 7.87. The monoisotopic (exact) mass is 444 g/mol. The van der Waals surface area contributed by atoms with Gasteiger partial charge in [-0.15, -0.1) is 0 Å². The predicted molar refractivity (Wildman–Crippen MR) is 125 cm³/mol. The molecule has 4 rings (SSSR count). The van der Waals surface area contributed by atoms with E-state index in [9.17, 15) is 9.59 Å². The zero-order valence-corrected chi connectivity index (χ0v) is 18.7. The van der Waals surface area contributed by atoms with Gasteiger partial charge in [-0.25, -0.2) is 0 Å². The molecule has 2 atom stereocenters. The lowest BCUT2D eigenvalue weighted by molar-refractivity contribution is -0.137. The summed E-state index contributed by atoms with van der Waals surface area (Å²) in [6, 6.07) is 8.45. The van der Waals surface area contributed by atoms with Crippen LogP contribution in [0.3, 0.4) is 0 Å². The number of thiocarbonyl (C=S) groups is 1. The minimum atomic E-state index is -0.858. The molecule has 1 aromatic rings. The molecule has 1 saturated carbocycles. The quantitative estimate of drug-likeness (QED) is 0.504. The minimum absolute atomic E-state index is 0.0374. The van der Waals surface area contributed by atoms with Crippen molar-refractivity contribution in [3.8, 4) is 0 Å². The van der Waals surface area contributed by atoms with Gasteiger partial charge in [0.15, 0.2) is 0 Å². The molecule has 1 aliphatic carbocycles. The zero-order chi connectivity index (χ0) is 21.1. The van der Waals surface area contributed by atoms with E-state index in [4.69, 9.17) is 17.3 Å². The summed E-state index contributed by atoms with van der Waals surface area (Å²) in [6.45, 7) is 2.65. The second-order valence-electron chi connectivity index (χ2n) is 8.46. The van der Waals surface area contributed by atoms with E-state index in [2.05, 4.69) is 29.2 Å². The van der Waals surface area contributed by atoms with E-state index in [1.165, 1.54) is 61.0 Å². The highest BCUT2D eigenvalue weighted by molar-refractivity contribution is 8.26. The molecule has 1 N–H and O–H groups in total. The van der Waals surface area contributed by atoms with Gasteiger partial charge in [0.2, 0.25) is 0 Å². The van der Waals surface area contributed by atoms with E-state index in [0.717, 1.165) is 23.9 Å². The number of carboxylic acid groups (broad SMARTS) is 1. The number of carbonyl (C=O) groups is 2. The van der Waals surface area contributed by atoms with Crippen LogP contribution < -0.4 is 4.90 Å². The van der Waals surface area contributed by atoms with Gasteiger partial charge >= 0.3 is 5.97 Å². The van der Waals surface area contributed by atoms with E-state index >= 15 is 0 Å². The molecule has 0 unspecified atom stereocenters. The molecule has 7 heteroatoms. The maximum absolute atomic E-state index is 12.6. The number of hydrogen-bond donors (Lipinski definition) is 1. The van der Waals surface area contributed by atoms with Crippen molar-refractivity contribution in [2.75, 3.05) is 24.5 Å². The van der Waals surface area contributed by atoms with E-state index in [-0.39, 0.29) is 12.3 Å². The fraction of sp³-hybridized carbons (Fsp3) is 0.522. The Hall–Kier alpha value is -1.86. The number of anilines is 1. The number of aliphatic carboxylic acids is 1. The fourth-order valence-corrected chi connectivity index (χ4v) is 6.16. The summed E-state index contributed by atoms with van der Waals surface area (Å²) in [5, 5.41) is 8.78. The van der Waals surface area contributed by atoms with Crippen LogP contribution in [0.1, 0.15) is 50.5 Å². The first-order valence-corrected chi connectivity index (χ1v) is 12.1. The first kappa shape index (κ1) is 21.4. The fourth-order valence-electron chi connectivity index (χ4n) is 4.85. The van der Waals surface area contributed by atoms with Crippen LogP contribution in [0.25, 0.3) is 6.08 Å². The van der Waals surface area contributed by atoms with Gasteiger partial charge in [0.05, 0.1) is 4.91 Å². The molecule has 160 valence electrons. The van der Waals surface area contributed by atoms with Gasteiger partial charge in [0, 0.05) is 31.7 Å². The molecule has 30 heavy (non-hydrogen) atoms. The highest BCUT2D eigenvalue weighted by atomic mass is 32.2. The minimum Gasteiger partial charge on any atom is -0.481 e. The first-order chi connectivity index (χ1) is 14.5. The maximum Gasteiger partial charge on any atom is 0.303 e. The number of carboxylic acids is 1. The van der Waals surface area contributed by atoms with Crippen LogP contribution in [0, 0.1) is 11.8 Å². The Labute approximate surface area is 187 Å². The SMILES string of the molecule is O=C(O)CCCN1C(=O)C(=Cc2ccc(N3CC[C@@H]4CCCC[C@H]4C3)cc2)SC1=S. The van der Waals surface area contributed by atoms with E-state index in [1.807, 2.05) is 6.08 Å². The summed E-state index contributed by atoms with van der Waals surface area (Å²) in [4.78, 5) is 28.0. The van der Waals surface area contributed by atoms with Gasteiger partial charge in [0.25, 0.3) is 5.91 Å². The van der Waals surface area contributed by atoms with Crippen LogP contribution in [0.4, 0.5) is 5.69 Å². The van der Waals surface area contributed by atoms with Gasteiger partial charge in [0.1, 0.15) is 4.32 Å². The lowest BCUT2D eigenvalue weighted by Crippen LogP contribution is -2.41. The molecular formula is C23H28N2O3S2. The highest BCUT2D eigenvalue weighted by Gasteiger charge is 2.32. The molecular weight excluding hydrogens is 416 g/mol. The number of benzene rings is 1. The van der Waals surface area contributed by atoms with Crippen LogP contribution in [0.5, 0.6) is 0 Å². The molecule has 0 radical (unpaired) electrons. The normalized spacial score (nSPS) is 25.7. The van der Waals surface area contributed by atoms with Crippen molar-refractivity contribution >= 4 is 51.9 Å². The van der Waals surface area contributed by atoms with Crippen LogP contribution in [0.15, 0.2) is 29.2 Å². The largest absolute Gasteiger partial charge is 0.481 e. The summed E-state index contributed by atoms with van der Waals surface area (Å²) in [5.74, 6) is 0.782. The molecule has 0 bridgehead atoms. The Bertz CT molecular complexity index is 853. The summed E-state index contributed by atoms with van der Waals surface area (Å²) in [5.41, 5.74) is 2.25. The van der Waals surface area contributed by atoms with Crippen molar-refractivity contribution in [2.24, 2.45) is 11.8 Å². The van der Waals surface area contributed by atoms with Crippen molar-refractivity contribution < 1.29 is 14.7 Å². The van der Waals surface area contributed by atoms with Crippen LogP contribution in [0.2, 0.25) is 0 Å². The van der Waals surface area contributed by atoms with Gasteiger partial charge < -0.3 is 10.0 Å². The summed E-state index contributed by atoms with van der Waals surface area (Å²) in [7, 11) is 0. The second kappa shape index (κ2) is 9.52.